The summed E-state index contributed by atoms with van der Waals surface area (Å²) in [5.41, 5.74) is 1.19. The van der Waals surface area contributed by atoms with E-state index in [2.05, 4.69) is 21.2 Å². The smallest absolute Gasteiger partial charge is 0.251 e. The van der Waals surface area contributed by atoms with Gasteiger partial charge < -0.3 is 5.32 Å². The van der Waals surface area contributed by atoms with Crippen LogP contribution < -0.4 is 5.32 Å². The number of aryl methyl sites for hydroxylation is 1. The largest absolute Gasteiger partial charge is 0.352 e. The maximum absolute atomic E-state index is 12.8. The Kier molecular flexibility index (Phi) is 4.75. The maximum atomic E-state index is 12.8. The van der Waals surface area contributed by atoms with Gasteiger partial charge >= 0.3 is 0 Å². The Bertz CT molecular complexity index is 354. The van der Waals surface area contributed by atoms with E-state index in [4.69, 9.17) is 0 Å². The SMILES string of the molecule is Cc1cc(F)ccc1C(=O)NCCCBr. The molecule has 0 fully saturated rings. The first kappa shape index (κ1) is 12.2. The summed E-state index contributed by atoms with van der Waals surface area (Å²) in [5.74, 6) is -0.460. The molecule has 0 aliphatic carbocycles. The topological polar surface area (TPSA) is 29.1 Å². The third kappa shape index (κ3) is 3.63. The first-order valence-electron chi connectivity index (χ1n) is 4.75. The van der Waals surface area contributed by atoms with Crippen molar-refractivity contribution in [3.05, 3.63) is 35.1 Å². The lowest BCUT2D eigenvalue weighted by Gasteiger charge is -2.06. The predicted molar refractivity (Wildman–Crippen MR) is 61.9 cm³/mol. The molecule has 0 unspecified atom stereocenters. The number of halogens is 2. The van der Waals surface area contributed by atoms with Gasteiger partial charge in [0.1, 0.15) is 5.82 Å². The Labute approximate surface area is 97.0 Å². The van der Waals surface area contributed by atoms with E-state index in [1.165, 1.54) is 18.2 Å². The lowest BCUT2D eigenvalue weighted by Crippen LogP contribution is -2.25. The van der Waals surface area contributed by atoms with Crippen molar-refractivity contribution < 1.29 is 9.18 Å². The van der Waals surface area contributed by atoms with Crippen LogP contribution in [0.1, 0.15) is 22.3 Å². The van der Waals surface area contributed by atoms with E-state index in [-0.39, 0.29) is 11.7 Å². The van der Waals surface area contributed by atoms with E-state index in [1.54, 1.807) is 6.92 Å². The second kappa shape index (κ2) is 5.85. The van der Waals surface area contributed by atoms with Crippen molar-refractivity contribution in [1.82, 2.24) is 5.32 Å². The van der Waals surface area contributed by atoms with Crippen molar-refractivity contribution in [2.24, 2.45) is 0 Å². The van der Waals surface area contributed by atoms with Gasteiger partial charge in [0.15, 0.2) is 0 Å². The number of carbonyl (C=O) groups is 1. The molecule has 0 saturated carbocycles. The molecular weight excluding hydrogens is 261 g/mol. The van der Waals surface area contributed by atoms with Crippen molar-refractivity contribution in [3.8, 4) is 0 Å². The Morgan fingerprint density at radius 1 is 1.53 bits per heavy atom. The van der Waals surface area contributed by atoms with E-state index < -0.39 is 0 Å². The monoisotopic (exact) mass is 273 g/mol. The Balaban J connectivity index is 2.65. The summed E-state index contributed by atoms with van der Waals surface area (Å²) in [6.07, 6.45) is 0.881. The summed E-state index contributed by atoms with van der Waals surface area (Å²) in [6, 6.07) is 4.17. The van der Waals surface area contributed by atoms with Crippen LogP contribution in [0.4, 0.5) is 4.39 Å². The standard InChI is InChI=1S/C11H13BrFNO/c1-8-7-9(13)3-4-10(8)11(15)14-6-2-5-12/h3-4,7H,2,5-6H2,1H3,(H,14,15). The molecular formula is C11H13BrFNO. The first-order chi connectivity index (χ1) is 7.15. The fraction of sp³-hybridized carbons (Fsp3) is 0.364. The molecule has 0 aliphatic rings. The van der Waals surface area contributed by atoms with Crippen LogP contribution in [0.5, 0.6) is 0 Å². The number of carbonyl (C=O) groups excluding carboxylic acids is 1. The van der Waals surface area contributed by atoms with Crippen LogP contribution in [0, 0.1) is 12.7 Å². The normalized spacial score (nSPS) is 10.1. The van der Waals surface area contributed by atoms with Gasteiger partial charge in [0.2, 0.25) is 0 Å². The van der Waals surface area contributed by atoms with Gasteiger partial charge in [0.25, 0.3) is 5.91 Å². The molecule has 1 aromatic rings. The third-order valence-corrected chi connectivity index (χ3v) is 2.59. The van der Waals surface area contributed by atoms with Crippen LogP contribution in [0.3, 0.4) is 0 Å². The Morgan fingerprint density at radius 3 is 2.87 bits per heavy atom. The maximum Gasteiger partial charge on any atom is 0.251 e. The lowest BCUT2D eigenvalue weighted by molar-refractivity contribution is 0.0953. The molecule has 0 radical (unpaired) electrons. The fourth-order valence-corrected chi connectivity index (χ4v) is 1.53. The lowest BCUT2D eigenvalue weighted by atomic mass is 10.1. The second-order valence-electron chi connectivity index (χ2n) is 3.26. The summed E-state index contributed by atoms with van der Waals surface area (Å²) in [5, 5.41) is 3.63. The van der Waals surface area contributed by atoms with Crippen molar-refractivity contribution in [2.75, 3.05) is 11.9 Å². The van der Waals surface area contributed by atoms with Crippen LogP contribution in [0.15, 0.2) is 18.2 Å². The molecule has 0 heterocycles. The Hall–Kier alpha value is -0.900. The first-order valence-corrected chi connectivity index (χ1v) is 5.87. The molecule has 0 bridgehead atoms. The molecule has 0 aromatic heterocycles. The van der Waals surface area contributed by atoms with E-state index in [9.17, 15) is 9.18 Å². The number of hydrogen-bond donors (Lipinski definition) is 1. The van der Waals surface area contributed by atoms with Gasteiger partial charge in [-0.25, -0.2) is 4.39 Å². The summed E-state index contributed by atoms with van der Waals surface area (Å²) in [4.78, 5) is 11.6. The molecule has 1 N–H and O–H groups in total. The van der Waals surface area contributed by atoms with Crippen LogP contribution in [-0.4, -0.2) is 17.8 Å². The van der Waals surface area contributed by atoms with Gasteiger partial charge in [0, 0.05) is 17.4 Å². The highest BCUT2D eigenvalue weighted by molar-refractivity contribution is 9.09. The number of nitrogens with one attached hydrogen (secondary N) is 1. The molecule has 1 amide bonds. The number of hydrogen-bond acceptors (Lipinski definition) is 1. The van der Waals surface area contributed by atoms with Gasteiger partial charge in [-0.15, -0.1) is 0 Å². The van der Waals surface area contributed by atoms with Gasteiger partial charge in [-0.3, -0.25) is 4.79 Å². The molecule has 82 valence electrons. The minimum Gasteiger partial charge on any atom is -0.352 e. The molecule has 0 spiro atoms. The number of benzene rings is 1. The zero-order chi connectivity index (χ0) is 11.3. The third-order valence-electron chi connectivity index (χ3n) is 2.03. The number of amides is 1. The van der Waals surface area contributed by atoms with E-state index in [1.807, 2.05) is 0 Å². The molecule has 4 heteroatoms. The highest BCUT2D eigenvalue weighted by Gasteiger charge is 2.08. The molecule has 2 nitrogen and oxygen atoms in total. The zero-order valence-electron chi connectivity index (χ0n) is 8.52. The van der Waals surface area contributed by atoms with Crippen LogP contribution in [0.25, 0.3) is 0 Å². The highest BCUT2D eigenvalue weighted by Crippen LogP contribution is 2.09. The van der Waals surface area contributed by atoms with E-state index in [0.717, 1.165) is 11.8 Å². The predicted octanol–water partition coefficient (Wildman–Crippen LogP) is 2.65. The summed E-state index contributed by atoms with van der Waals surface area (Å²) < 4.78 is 12.8. The fourth-order valence-electron chi connectivity index (χ4n) is 1.25. The minimum atomic E-state index is -0.315. The van der Waals surface area contributed by atoms with Crippen molar-refractivity contribution in [3.63, 3.8) is 0 Å². The molecule has 1 rings (SSSR count). The zero-order valence-corrected chi connectivity index (χ0v) is 10.1. The number of rotatable bonds is 4. The van der Waals surface area contributed by atoms with Gasteiger partial charge in [-0.2, -0.15) is 0 Å². The van der Waals surface area contributed by atoms with Crippen molar-refractivity contribution in [2.45, 2.75) is 13.3 Å². The van der Waals surface area contributed by atoms with Crippen molar-refractivity contribution in [1.29, 1.82) is 0 Å². The van der Waals surface area contributed by atoms with Crippen LogP contribution >= 0.6 is 15.9 Å². The van der Waals surface area contributed by atoms with Crippen LogP contribution in [-0.2, 0) is 0 Å². The van der Waals surface area contributed by atoms with E-state index in [0.29, 0.717) is 17.7 Å². The number of alkyl halides is 1. The Morgan fingerprint density at radius 2 is 2.27 bits per heavy atom. The van der Waals surface area contributed by atoms with Crippen molar-refractivity contribution >= 4 is 21.8 Å². The quantitative estimate of drug-likeness (QED) is 0.663. The van der Waals surface area contributed by atoms with Gasteiger partial charge in [0.05, 0.1) is 0 Å². The van der Waals surface area contributed by atoms with Gasteiger partial charge in [-0.1, -0.05) is 15.9 Å². The summed E-state index contributed by atoms with van der Waals surface area (Å²) in [7, 11) is 0. The molecule has 15 heavy (non-hydrogen) atoms. The minimum absolute atomic E-state index is 0.145. The highest BCUT2D eigenvalue weighted by atomic mass is 79.9. The van der Waals surface area contributed by atoms with Crippen LogP contribution in [0.2, 0.25) is 0 Å². The van der Waals surface area contributed by atoms with Gasteiger partial charge in [-0.05, 0) is 37.1 Å². The molecule has 0 saturated heterocycles. The molecule has 0 atom stereocenters. The molecule has 1 aromatic carbocycles. The summed E-state index contributed by atoms with van der Waals surface area (Å²) >= 11 is 3.28. The summed E-state index contributed by atoms with van der Waals surface area (Å²) in [6.45, 7) is 2.35. The average molecular weight is 274 g/mol. The van der Waals surface area contributed by atoms with E-state index >= 15 is 0 Å². The molecule has 0 aliphatic heterocycles. The second-order valence-corrected chi connectivity index (χ2v) is 4.05. The average Bonchev–Trinajstić information content (AvgIpc) is 2.17.